The van der Waals surface area contributed by atoms with Crippen LogP contribution in [0.2, 0.25) is 0 Å². The summed E-state index contributed by atoms with van der Waals surface area (Å²) < 4.78 is 6.86. The van der Waals surface area contributed by atoms with Crippen LogP contribution in [0.5, 0.6) is 11.5 Å². The molecule has 1 aliphatic carbocycles. The zero-order chi connectivity index (χ0) is 30.2. The van der Waals surface area contributed by atoms with Gasteiger partial charge in [-0.3, -0.25) is 4.98 Å². The molecule has 2 aliphatic rings. The van der Waals surface area contributed by atoms with Crippen LogP contribution in [-0.4, -0.2) is 9.97 Å². The predicted molar refractivity (Wildman–Crippen MR) is 185 cm³/mol. The summed E-state index contributed by atoms with van der Waals surface area (Å²) in [4.78, 5) is 9.71. The molecule has 0 N–H and O–H groups in total. The van der Waals surface area contributed by atoms with E-state index in [1.165, 1.54) is 33.4 Å². The molecule has 1 spiro atoms. The van der Waals surface area contributed by atoms with Crippen molar-refractivity contribution in [2.24, 2.45) is 0 Å². The van der Waals surface area contributed by atoms with E-state index in [2.05, 4.69) is 151 Å². The summed E-state index contributed by atoms with van der Waals surface area (Å²) in [5, 5.41) is 2.18. The molecule has 0 radical (unpaired) electrons. The quantitative estimate of drug-likeness (QED) is 0.189. The highest BCUT2D eigenvalue weighted by Crippen LogP contribution is 2.63. The highest BCUT2D eigenvalue weighted by atomic mass is 16.5. The van der Waals surface area contributed by atoms with Gasteiger partial charge < -0.3 is 4.74 Å². The molecule has 0 amide bonds. The van der Waals surface area contributed by atoms with Gasteiger partial charge in [-0.1, -0.05) is 133 Å². The summed E-state index contributed by atoms with van der Waals surface area (Å²) in [6.45, 7) is 0. The average molecular weight is 587 g/mol. The van der Waals surface area contributed by atoms with Crippen molar-refractivity contribution in [1.29, 1.82) is 0 Å². The van der Waals surface area contributed by atoms with Gasteiger partial charge in [0.2, 0.25) is 0 Å². The maximum atomic E-state index is 6.86. The van der Waals surface area contributed by atoms with Crippen LogP contribution < -0.4 is 4.74 Å². The van der Waals surface area contributed by atoms with E-state index in [-0.39, 0.29) is 0 Å². The lowest BCUT2D eigenvalue weighted by atomic mass is 9.65. The number of nitrogens with zero attached hydrogens (tertiary/aromatic N) is 2. The third-order valence-electron chi connectivity index (χ3n) is 9.80. The lowest BCUT2D eigenvalue weighted by molar-refractivity contribution is 0.438. The largest absolute Gasteiger partial charge is 0.456 e. The maximum absolute atomic E-state index is 6.86. The van der Waals surface area contributed by atoms with Crippen LogP contribution in [-0.2, 0) is 5.41 Å². The topological polar surface area (TPSA) is 35.0 Å². The van der Waals surface area contributed by atoms with E-state index in [1.807, 2.05) is 12.3 Å². The van der Waals surface area contributed by atoms with Crippen LogP contribution >= 0.6 is 0 Å². The van der Waals surface area contributed by atoms with Gasteiger partial charge in [-0.15, -0.1) is 0 Å². The second-order valence-corrected chi connectivity index (χ2v) is 12.1. The van der Waals surface area contributed by atoms with Crippen molar-refractivity contribution in [3.05, 3.63) is 180 Å². The zero-order valence-corrected chi connectivity index (χ0v) is 24.8. The Balaban J connectivity index is 1.15. The van der Waals surface area contributed by atoms with Gasteiger partial charge in [-0.2, -0.15) is 0 Å². The first kappa shape index (κ1) is 25.3. The molecule has 0 fully saturated rings. The SMILES string of the molecule is c1ccc2c(c1)Oc1c(-c3ccc(-c4ccc5ccc6cccnc6c5n4)cc3)cccc1C21c2ccccc2-c2ccccc21. The molecular weight excluding hydrogens is 560 g/mol. The molecule has 1 aliphatic heterocycles. The van der Waals surface area contributed by atoms with Gasteiger partial charge in [0.15, 0.2) is 0 Å². The number of hydrogen-bond donors (Lipinski definition) is 0. The molecule has 214 valence electrons. The summed E-state index contributed by atoms with van der Waals surface area (Å²) >= 11 is 0. The van der Waals surface area contributed by atoms with Gasteiger partial charge in [0.25, 0.3) is 0 Å². The molecule has 6 aromatic carbocycles. The molecule has 8 aromatic rings. The van der Waals surface area contributed by atoms with Gasteiger partial charge in [-0.05, 0) is 46.0 Å². The molecule has 0 saturated heterocycles. The summed E-state index contributed by atoms with van der Waals surface area (Å²) in [5.41, 5.74) is 13.0. The second kappa shape index (κ2) is 9.47. The van der Waals surface area contributed by atoms with Crippen molar-refractivity contribution in [2.75, 3.05) is 0 Å². The minimum atomic E-state index is -0.473. The fourth-order valence-corrected chi connectivity index (χ4v) is 7.81. The molecule has 2 aromatic heterocycles. The first-order valence-electron chi connectivity index (χ1n) is 15.7. The van der Waals surface area contributed by atoms with E-state index in [0.29, 0.717) is 0 Å². The predicted octanol–water partition coefficient (Wildman–Crippen LogP) is 10.6. The summed E-state index contributed by atoms with van der Waals surface area (Å²) in [6.07, 6.45) is 1.83. The Kier molecular flexibility index (Phi) is 5.20. The first-order chi connectivity index (χ1) is 22.8. The van der Waals surface area contributed by atoms with E-state index >= 15 is 0 Å². The fourth-order valence-electron chi connectivity index (χ4n) is 7.81. The molecule has 3 nitrogen and oxygen atoms in total. The minimum absolute atomic E-state index is 0.473. The number of aromatic nitrogens is 2. The number of ether oxygens (including phenoxy) is 1. The monoisotopic (exact) mass is 586 g/mol. The Bertz CT molecular complexity index is 2470. The number of benzene rings is 6. The minimum Gasteiger partial charge on any atom is -0.456 e. The lowest BCUT2D eigenvalue weighted by Gasteiger charge is -2.40. The number of pyridine rings is 2. The van der Waals surface area contributed by atoms with E-state index in [9.17, 15) is 0 Å². The summed E-state index contributed by atoms with van der Waals surface area (Å²) in [7, 11) is 0. The van der Waals surface area contributed by atoms with Gasteiger partial charge in [0.05, 0.1) is 22.1 Å². The van der Waals surface area contributed by atoms with Crippen molar-refractivity contribution < 1.29 is 4.74 Å². The van der Waals surface area contributed by atoms with Crippen molar-refractivity contribution in [3.63, 3.8) is 0 Å². The average Bonchev–Trinajstić information content (AvgIpc) is 3.42. The van der Waals surface area contributed by atoms with Crippen LogP contribution in [0.4, 0.5) is 0 Å². The normalized spacial score (nSPS) is 13.6. The molecular formula is C43H26N2O. The van der Waals surface area contributed by atoms with Crippen LogP contribution in [0.3, 0.4) is 0 Å². The highest BCUT2D eigenvalue weighted by Gasteiger charge is 2.51. The summed E-state index contributed by atoms with van der Waals surface area (Å²) in [6, 6.07) is 54.0. The van der Waals surface area contributed by atoms with Crippen LogP contribution in [0.15, 0.2) is 158 Å². The number of rotatable bonds is 2. The standard InChI is InChI=1S/C43H26N2O/c1-3-13-34-32(10-1)33-11-2-4-14-35(33)43(34)36-15-5-6-17-39(36)46-42-31(12-7-16-37(42)43)27-18-20-28(21-19-27)38-25-24-30-23-22-29-9-8-26-44-40(29)41(30)45-38/h1-26H. The molecule has 3 heteroatoms. The lowest BCUT2D eigenvalue weighted by Crippen LogP contribution is -2.32. The third-order valence-corrected chi connectivity index (χ3v) is 9.80. The van der Waals surface area contributed by atoms with E-state index in [4.69, 9.17) is 9.72 Å². The van der Waals surface area contributed by atoms with E-state index in [0.717, 1.165) is 55.7 Å². The van der Waals surface area contributed by atoms with Gasteiger partial charge in [-0.25, -0.2) is 4.98 Å². The van der Waals surface area contributed by atoms with E-state index in [1.54, 1.807) is 0 Å². The first-order valence-corrected chi connectivity index (χ1v) is 15.7. The molecule has 3 heterocycles. The molecule has 10 rings (SSSR count). The number of para-hydroxylation sites is 2. The Morgan fingerprint density at radius 2 is 1.04 bits per heavy atom. The summed E-state index contributed by atoms with van der Waals surface area (Å²) in [5.74, 6) is 1.80. The zero-order valence-electron chi connectivity index (χ0n) is 24.8. The van der Waals surface area contributed by atoms with Crippen molar-refractivity contribution >= 4 is 21.8 Å². The van der Waals surface area contributed by atoms with Gasteiger partial charge in [0.1, 0.15) is 11.5 Å². The number of hydrogen-bond acceptors (Lipinski definition) is 3. The Hall–Kier alpha value is -6.06. The smallest absolute Gasteiger partial charge is 0.140 e. The molecule has 0 bridgehead atoms. The molecule has 0 atom stereocenters. The van der Waals surface area contributed by atoms with Gasteiger partial charge in [0, 0.05) is 39.2 Å². The molecule has 0 saturated carbocycles. The second-order valence-electron chi connectivity index (χ2n) is 12.1. The Morgan fingerprint density at radius 3 is 1.83 bits per heavy atom. The van der Waals surface area contributed by atoms with E-state index < -0.39 is 5.41 Å². The maximum Gasteiger partial charge on any atom is 0.140 e. The highest BCUT2D eigenvalue weighted by molar-refractivity contribution is 6.03. The number of fused-ring (bicyclic) bond motifs is 12. The van der Waals surface area contributed by atoms with Crippen LogP contribution in [0.1, 0.15) is 22.3 Å². The fraction of sp³-hybridized carbons (Fsp3) is 0.0233. The van der Waals surface area contributed by atoms with Crippen molar-refractivity contribution in [1.82, 2.24) is 9.97 Å². The molecule has 0 unspecified atom stereocenters. The van der Waals surface area contributed by atoms with Gasteiger partial charge >= 0.3 is 0 Å². The van der Waals surface area contributed by atoms with Crippen molar-refractivity contribution in [2.45, 2.75) is 5.41 Å². The van der Waals surface area contributed by atoms with Crippen LogP contribution in [0, 0.1) is 0 Å². The Labute approximate surface area is 266 Å². The molecule has 46 heavy (non-hydrogen) atoms. The van der Waals surface area contributed by atoms with Crippen molar-refractivity contribution in [3.8, 4) is 45.0 Å². The van der Waals surface area contributed by atoms with Crippen LogP contribution in [0.25, 0.3) is 55.3 Å². The Morgan fingerprint density at radius 1 is 0.435 bits per heavy atom. The third kappa shape index (κ3) is 3.37.